The minimum Gasteiger partial charge on any atom is -0.493 e. The number of nitrogens with one attached hydrogen (secondary N) is 1. The van der Waals surface area contributed by atoms with Crippen molar-refractivity contribution >= 4 is 23.5 Å². The molecule has 0 spiro atoms. The summed E-state index contributed by atoms with van der Waals surface area (Å²) < 4.78 is 11.1. The number of hydrogen-bond acceptors (Lipinski definition) is 4. The number of anilines is 1. The Balaban J connectivity index is 2.13. The lowest BCUT2D eigenvalue weighted by Gasteiger charge is -2.11. The van der Waals surface area contributed by atoms with Crippen LogP contribution in [-0.2, 0) is 4.79 Å². The van der Waals surface area contributed by atoms with Crippen molar-refractivity contribution in [3.63, 3.8) is 0 Å². The number of amides is 1. The van der Waals surface area contributed by atoms with Gasteiger partial charge in [-0.25, -0.2) is 0 Å². The van der Waals surface area contributed by atoms with E-state index in [2.05, 4.69) is 12.2 Å². The number of unbranched alkanes of at least 4 members (excludes halogenated alkanes) is 1. The van der Waals surface area contributed by atoms with E-state index in [1.54, 1.807) is 37.5 Å². The molecule has 0 saturated carbocycles. The minimum absolute atomic E-state index is 0.147. The molecule has 27 heavy (non-hydrogen) atoms. The quantitative estimate of drug-likeness (QED) is 0.395. The minimum atomic E-state index is -0.177. The molecule has 0 aliphatic rings. The Bertz CT molecular complexity index is 827. The number of benzene rings is 2. The summed E-state index contributed by atoms with van der Waals surface area (Å²) in [5.74, 6) is 1.00. The molecule has 142 valence electrons. The highest BCUT2D eigenvalue weighted by Gasteiger charge is 2.07. The van der Waals surface area contributed by atoms with Crippen molar-refractivity contribution in [2.24, 2.45) is 0 Å². The van der Waals surface area contributed by atoms with E-state index in [1.165, 1.54) is 13.0 Å². The molecule has 0 unspecified atom stereocenters. The molecule has 0 aliphatic carbocycles. The van der Waals surface area contributed by atoms with Crippen LogP contribution in [0.2, 0.25) is 0 Å². The van der Waals surface area contributed by atoms with Gasteiger partial charge in [0.15, 0.2) is 17.3 Å². The summed E-state index contributed by atoms with van der Waals surface area (Å²) in [6.07, 6.45) is 5.25. The third-order valence-corrected chi connectivity index (χ3v) is 3.84. The van der Waals surface area contributed by atoms with Crippen molar-refractivity contribution in [2.75, 3.05) is 19.0 Å². The molecule has 5 heteroatoms. The van der Waals surface area contributed by atoms with Gasteiger partial charge >= 0.3 is 0 Å². The second kappa shape index (κ2) is 10.2. The molecule has 0 atom stereocenters. The van der Waals surface area contributed by atoms with Crippen LogP contribution in [0.3, 0.4) is 0 Å². The van der Waals surface area contributed by atoms with Crippen LogP contribution in [0.15, 0.2) is 48.5 Å². The van der Waals surface area contributed by atoms with Crippen molar-refractivity contribution in [3.8, 4) is 11.5 Å². The smallest absolute Gasteiger partial charge is 0.221 e. The molecule has 0 radical (unpaired) electrons. The molecule has 1 amide bonds. The Morgan fingerprint density at radius 1 is 1.11 bits per heavy atom. The molecule has 0 bridgehead atoms. The molecule has 1 N–H and O–H groups in total. The molecule has 5 nitrogen and oxygen atoms in total. The monoisotopic (exact) mass is 367 g/mol. The predicted octanol–water partition coefficient (Wildman–Crippen LogP) is 4.73. The topological polar surface area (TPSA) is 64.6 Å². The van der Waals surface area contributed by atoms with E-state index in [0.29, 0.717) is 29.4 Å². The first-order valence-electron chi connectivity index (χ1n) is 8.94. The van der Waals surface area contributed by atoms with Crippen LogP contribution in [0.4, 0.5) is 5.69 Å². The summed E-state index contributed by atoms with van der Waals surface area (Å²) in [4.78, 5) is 23.6. The molecule has 2 aromatic carbocycles. The first-order valence-corrected chi connectivity index (χ1v) is 8.94. The number of hydrogen-bond donors (Lipinski definition) is 1. The van der Waals surface area contributed by atoms with Crippen LogP contribution in [0.5, 0.6) is 11.5 Å². The predicted molar refractivity (Wildman–Crippen MR) is 108 cm³/mol. The first kappa shape index (κ1) is 20.2. The van der Waals surface area contributed by atoms with E-state index >= 15 is 0 Å². The third-order valence-electron chi connectivity index (χ3n) is 3.84. The summed E-state index contributed by atoms with van der Waals surface area (Å²) in [5.41, 5.74) is 1.94. The fourth-order valence-corrected chi connectivity index (χ4v) is 2.46. The maximum Gasteiger partial charge on any atom is 0.221 e. The van der Waals surface area contributed by atoms with Gasteiger partial charge in [0.05, 0.1) is 13.7 Å². The molecular formula is C22H25NO4. The van der Waals surface area contributed by atoms with Gasteiger partial charge in [0.25, 0.3) is 0 Å². The second-order valence-corrected chi connectivity index (χ2v) is 6.07. The zero-order chi connectivity index (χ0) is 19.6. The Hall–Kier alpha value is -3.08. The highest BCUT2D eigenvalue weighted by atomic mass is 16.5. The highest BCUT2D eigenvalue weighted by molar-refractivity contribution is 6.07. The Morgan fingerprint density at radius 3 is 2.63 bits per heavy atom. The largest absolute Gasteiger partial charge is 0.493 e. The number of carbonyl (C=O) groups excluding carboxylic acids is 2. The summed E-state index contributed by atoms with van der Waals surface area (Å²) >= 11 is 0. The molecule has 2 aromatic rings. The zero-order valence-electron chi connectivity index (χ0n) is 16.0. The molecule has 0 heterocycles. The van der Waals surface area contributed by atoms with Crippen LogP contribution in [0.1, 0.15) is 42.6 Å². The number of ketones is 1. The van der Waals surface area contributed by atoms with Crippen LogP contribution in [-0.4, -0.2) is 25.4 Å². The van der Waals surface area contributed by atoms with Crippen molar-refractivity contribution < 1.29 is 19.1 Å². The van der Waals surface area contributed by atoms with Gasteiger partial charge in [0.1, 0.15) is 0 Å². The van der Waals surface area contributed by atoms with Gasteiger partial charge in [-0.3, -0.25) is 9.59 Å². The average Bonchev–Trinajstić information content (AvgIpc) is 2.66. The number of carbonyl (C=O) groups is 2. The van der Waals surface area contributed by atoms with Gasteiger partial charge in [-0.1, -0.05) is 37.6 Å². The zero-order valence-corrected chi connectivity index (χ0v) is 16.0. The number of ether oxygens (including phenoxy) is 2. The number of allylic oxidation sites excluding steroid dienone is 1. The second-order valence-electron chi connectivity index (χ2n) is 6.07. The number of rotatable bonds is 9. The molecule has 0 fully saturated rings. The third kappa shape index (κ3) is 6.29. The standard InChI is InChI=1S/C22H25NO4/c1-4-5-13-27-22-14-17(10-12-21(22)26-3)9-11-20(25)18-7-6-8-19(15-18)23-16(2)24/h6-12,14-15H,4-5,13H2,1-3H3,(H,23,24)/b11-9+. The van der Waals surface area contributed by atoms with E-state index in [1.807, 2.05) is 18.2 Å². The number of methoxy groups -OCH3 is 1. The van der Waals surface area contributed by atoms with Crippen LogP contribution < -0.4 is 14.8 Å². The summed E-state index contributed by atoms with van der Waals surface area (Å²) in [5, 5.41) is 2.67. The van der Waals surface area contributed by atoms with Crippen LogP contribution in [0.25, 0.3) is 6.08 Å². The van der Waals surface area contributed by atoms with E-state index in [0.717, 1.165) is 18.4 Å². The maximum absolute atomic E-state index is 12.4. The molecule has 0 aliphatic heterocycles. The van der Waals surface area contributed by atoms with Crippen molar-refractivity contribution in [2.45, 2.75) is 26.7 Å². The van der Waals surface area contributed by atoms with Crippen molar-refractivity contribution in [1.82, 2.24) is 0 Å². The lowest BCUT2D eigenvalue weighted by atomic mass is 10.1. The van der Waals surface area contributed by atoms with Gasteiger partial charge in [-0.05, 0) is 42.3 Å². The Morgan fingerprint density at radius 2 is 1.93 bits per heavy atom. The maximum atomic E-state index is 12.4. The Labute approximate surface area is 160 Å². The van der Waals surface area contributed by atoms with Crippen molar-refractivity contribution in [1.29, 1.82) is 0 Å². The van der Waals surface area contributed by atoms with E-state index in [9.17, 15) is 9.59 Å². The lowest BCUT2D eigenvalue weighted by molar-refractivity contribution is -0.114. The lowest BCUT2D eigenvalue weighted by Crippen LogP contribution is -2.06. The highest BCUT2D eigenvalue weighted by Crippen LogP contribution is 2.29. The summed E-state index contributed by atoms with van der Waals surface area (Å²) in [6.45, 7) is 4.15. The van der Waals surface area contributed by atoms with Crippen molar-refractivity contribution in [3.05, 3.63) is 59.7 Å². The van der Waals surface area contributed by atoms with E-state index in [-0.39, 0.29) is 11.7 Å². The molecular weight excluding hydrogens is 342 g/mol. The first-order chi connectivity index (χ1) is 13.0. The summed E-state index contributed by atoms with van der Waals surface area (Å²) in [7, 11) is 1.60. The molecule has 2 rings (SSSR count). The van der Waals surface area contributed by atoms with Crippen LogP contribution in [0, 0.1) is 0 Å². The van der Waals surface area contributed by atoms with E-state index < -0.39 is 0 Å². The molecule has 0 aromatic heterocycles. The normalized spacial score (nSPS) is 10.6. The van der Waals surface area contributed by atoms with Crippen LogP contribution >= 0.6 is 0 Å². The van der Waals surface area contributed by atoms with E-state index in [4.69, 9.17) is 9.47 Å². The fourth-order valence-electron chi connectivity index (χ4n) is 2.46. The fraction of sp³-hybridized carbons (Fsp3) is 0.273. The Kier molecular flexibility index (Phi) is 7.62. The van der Waals surface area contributed by atoms with Gasteiger partial charge < -0.3 is 14.8 Å². The van der Waals surface area contributed by atoms with Gasteiger partial charge in [0.2, 0.25) is 5.91 Å². The van der Waals surface area contributed by atoms with Gasteiger partial charge in [-0.2, -0.15) is 0 Å². The van der Waals surface area contributed by atoms with Gasteiger partial charge in [0, 0.05) is 18.2 Å². The molecule has 0 saturated heterocycles. The SMILES string of the molecule is CCCCOc1cc(/C=C/C(=O)c2cccc(NC(C)=O)c2)ccc1OC. The summed E-state index contributed by atoms with van der Waals surface area (Å²) in [6, 6.07) is 12.4. The average molecular weight is 367 g/mol. The van der Waals surface area contributed by atoms with Gasteiger partial charge in [-0.15, -0.1) is 0 Å².